The summed E-state index contributed by atoms with van der Waals surface area (Å²) in [7, 11) is 0. The fourth-order valence-corrected chi connectivity index (χ4v) is 2.44. The van der Waals surface area contributed by atoms with E-state index in [1.807, 2.05) is 0 Å². The van der Waals surface area contributed by atoms with Gasteiger partial charge in [-0.1, -0.05) is 23.2 Å². The van der Waals surface area contributed by atoms with Gasteiger partial charge in [-0.05, 0) is 46.3 Å². The number of ether oxygens (including phenoxy) is 1. The third-order valence-corrected chi connectivity index (χ3v) is 3.93. The van der Waals surface area contributed by atoms with Crippen molar-refractivity contribution in [3.63, 3.8) is 0 Å². The fourth-order valence-electron chi connectivity index (χ4n) is 1.60. The molecule has 0 unspecified atom stereocenters. The molecule has 21 heavy (non-hydrogen) atoms. The molecule has 2 aromatic carbocycles. The van der Waals surface area contributed by atoms with Gasteiger partial charge in [0.25, 0.3) is 0 Å². The minimum atomic E-state index is -0.649. The summed E-state index contributed by atoms with van der Waals surface area (Å²) in [5.41, 5.74) is 6.01. The maximum Gasteiger partial charge on any atom is 0.339 e. The fraction of sp³-hybridized carbons (Fsp3) is 0.0714. The van der Waals surface area contributed by atoms with Gasteiger partial charge in [0.15, 0.2) is 0 Å². The van der Waals surface area contributed by atoms with Crippen molar-refractivity contribution in [2.75, 3.05) is 5.73 Å². The molecule has 0 fully saturated rings. The van der Waals surface area contributed by atoms with E-state index in [0.717, 1.165) is 6.07 Å². The first kappa shape index (κ1) is 16.1. The highest BCUT2D eigenvalue weighted by Crippen LogP contribution is 2.25. The van der Waals surface area contributed by atoms with Crippen molar-refractivity contribution in [2.24, 2.45) is 0 Å². The Morgan fingerprint density at radius 3 is 2.71 bits per heavy atom. The Morgan fingerprint density at radius 1 is 1.29 bits per heavy atom. The number of esters is 1. The van der Waals surface area contributed by atoms with Gasteiger partial charge in [-0.3, -0.25) is 0 Å². The van der Waals surface area contributed by atoms with Crippen LogP contribution in [-0.2, 0) is 11.3 Å². The molecular formula is C14H9BrCl2FNO2. The number of carbonyl (C=O) groups excluding carboxylic acids is 1. The Hall–Kier alpha value is -1.30. The molecule has 110 valence electrons. The highest BCUT2D eigenvalue weighted by atomic mass is 79.9. The molecule has 0 saturated heterocycles. The number of anilines is 1. The van der Waals surface area contributed by atoms with Crippen LogP contribution in [0.5, 0.6) is 0 Å². The number of halogens is 4. The van der Waals surface area contributed by atoms with Crippen LogP contribution in [0.4, 0.5) is 10.1 Å². The predicted octanol–water partition coefficient (Wildman–Crippen LogP) is 4.83. The van der Waals surface area contributed by atoms with Crippen LogP contribution >= 0.6 is 39.1 Å². The highest BCUT2D eigenvalue weighted by molar-refractivity contribution is 9.10. The molecule has 0 aliphatic rings. The molecule has 0 heterocycles. The van der Waals surface area contributed by atoms with E-state index in [2.05, 4.69) is 15.9 Å². The van der Waals surface area contributed by atoms with Gasteiger partial charge in [0.2, 0.25) is 0 Å². The van der Waals surface area contributed by atoms with Crippen LogP contribution < -0.4 is 5.73 Å². The summed E-state index contributed by atoms with van der Waals surface area (Å²) in [6.45, 7) is -0.0536. The summed E-state index contributed by atoms with van der Waals surface area (Å²) < 4.78 is 18.6. The molecule has 0 aliphatic carbocycles. The highest BCUT2D eigenvalue weighted by Gasteiger charge is 2.15. The number of nitrogens with two attached hydrogens (primary N) is 1. The molecule has 2 N–H and O–H groups in total. The minimum Gasteiger partial charge on any atom is -0.457 e. The topological polar surface area (TPSA) is 52.3 Å². The first-order valence-electron chi connectivity index (χ1n) is 5.74. The molecule has 7 heteroatoms. The van der Waals surface area contributed by atoms with E-state index in [1.54, 1.807) is 18.2 Å². The Morgan fingerprint density at radius 2 is 2.00 bits per heavy atom. The van der Waals surface area contributed by atoms with Gasteiger partial charge in [0.1, 0.15) is 12.4 Å². The summed E-state index contributed by atoms with van der Waals surface area (Å²) in [6.07, 6.45) is 0. The van der Waals surface area contributed by atoms with E-state index in [9.17, 15) is 9.18 Å². The van der Waals surface area contributed by atoms with E-state index in [4.69, 9.17) is 33.7 Å². The second-order valence-electron chi connectivity index (χ2n) is 4.17. The molecule has 2 rings (SSSR count). The third-order valence-electron chi connectivity index (χ3n) is 2.67. The zero-order valence-corrected chi connectivity index (χ0v) is 13.6. The van der Waals surface area contributed by atoms with Gasteiger partial charge in [0, 0.05) is 20.1 Å². The van der Waals surface area contributed by atoms with Gasteiger partial charge in [-0.15, -0.1) is 0 Å². The molecule has 0 aromatic heterocycles. The van der Waals surface area contributed by atoms with E-state index < -0.39 is 11.8 Å². The van der Waals surface area contributed by atoms with E-state index >= 15 is 0 Å². The molecule has 0 aliphatic heterocycles. The number of hydrogen-bond acceptors (Lipinski definition) is 3. The minimum absolute atomic E-state index is 0.0536. The average molecular weight is 393 g/mol. The lowest BCUT2D eigenvalue weighted by Gasteiger charge is -2.09. The van der Waals surface area contributed by atoms with Crippen LogP contribution in [0.2, 0.25) is 10.0 Å². The molecule has 2 aromatic rings. The van der Waals surface area contributed by atoms with Gasteiger partial charge in [-0.2, -0.15) is 0 Å². The van der Waals surface area contributed by atoms with Crippen LogP contribution in [0, 0.1) is 5.82 Å². The molecule has 3 nitrogen and oxygen atoms in total. The van der Waals surface area contributed by atoms with E-state index in [-0.39, 0.29) is 22.3 Å². The van der Waals surface area contributed by atoms with Gasteiger partial charge in [-0.25, -0.2) is 9.18 Å². The largest absolute Gasteiger partial charge is 0.457 e. The molecule has 0 spiro atoms. The van der Waals surface area contributed by atoms with Gasteiger partial charge >= 0.3 is 5.97 Å². The van der Waals surface area contributed by atoms with Crippen LogP contribution in [0.1, 0.15) is 15.9 Å². The normalized spacial score (nSPS) is 10.5. The van der Waals surface area contributed by atoms with Crippen LogP contribution in [-0.4, -0.2) is 5.97 Å². The third kappa shape index (κ3) is 3.87. The molecular weight excluding hydrogens is 384 g/mol. The lowest BCUT2D eigenvalue weighted by Crippen LogP contribution is -2.08. The van der Waals surface area contributed by atoms with Gasteiger partial charge < -0.3 is 10.5 Å². The quantitative estimate of drug-likeness (QED) is 0.600. The van der Waals surface area contributed by atoms with Crippen molar-refractivity contribution in [3.05, 3.63) is 61.8 Å². The first-order chi connectivity index (χ1) is 9.88. The number of hydrogen-bond donors (Lipinski definition) is 1. The maximum atomic E-state index is 13.2. The second-order valence-corrected chi connectivity index (χ2v) is 5.86. The van der Waals surface area contributed by atoms with Crippen LogP contribution in [0.3, 0.4) is 0 Å². The summed E-state index contributed by atoms with van der Waals surface area (Å²) in [5, 5.41) is 0.919. The van der Waals surface area contributed by atoms with Crippen LogP contribution in [0.15, 0.2) is 34.8 Å². The summed E-state index contributed by atoms with van der Waals surface area (Å²) in [4.78, 5) is 12.0. The number of nitrogen functional groups attached to an aromatic ring is 1. The molecule has 0 saturated carbocycles. The average Bonchev–Trinajstić information content (AvgIpc) is 2.43. The zero-order valence-electron chi connectivity index (χ0n) is 10.5. The maximum absolute atomic E-state index is 13.2. The number of benzene rings is 2. The zero-order chi connectivity index (χ0) is 15.6. The van der Waals surface area contributed by atoms with E-state index in [0.29, 0.717) is 15.6 Å². The molecule has 0 radical (unpaired) electrons. The van der Waals surface area contributed by atoms with Crippen LogP contribution in [0.25, 0.3) is 0 Å². The Balaban J connectivity index is 2.15. The van der Waals surface area contributed by atoms with Gasteiger partial charge in [0.05, 0.1) is 11.3 Å². The monoisotopic (exact) mass is 391 g/mol. The van der Waals surface area contributed by atoms with Crippen molar-refractivity contribution in [3.8, 4) is 0 Å². The number of rotatable bonds is 3. The standard InChI is InChI=1S/C14H9BrCl2FNO2/c15-10-5-12(18)13(19)4-9(10)14(20)21-6-7-3-8(16)1-2-11(7)17/h1-5H,6,19H2. The predicted molar refractivity (Wildman–Crippen MR) is 84.1 cm³/mol. The van der Waals surface area contributed by atoms with Crippen molar-refractivity contribution in [2.45, 2.75) is 6.61 Å². The van der Waals surface area contributed by atoms with Crippen molar-refractivity contribution in [1.29, 1.82) is 0 Å². The number of carbonyl (C=O) groups is 1. The Labute approximate surface area is 138 Å². The summed E-state index contributed by atoms with van der Waals surface area (Å²) in [5.74, 6) is -1.26. The lowest BCUT2D eigenvalue weighted by molar-refractivity contribution is 0.0472. The Bertz CT molecular complexity index is 710. The molecule has 0 atom stereocenters. The van der Waals surface area contributed by atoms with Crippen molar-refractivity contribution < 1.29 is 13.9 Å². The first-order valence-corrected chi connectivity index (χ1v) is 7.29. The van der Waals surface area contributed by atoms with Crippen molar-refractivity contribution >= 4 is 50.8 Å². The summed E-state index contributed by atoms with van der Waals surface area (Å²) in [6, 6.07) is 7.16. The van der Waals surface area contributed by atoms with E-state index in [1.165, 1.54) is 6.07 Å². The lowest BCUT2D eigenvalue weighted by atomic mass is 10.2. The second kappa shape index (κ2) is 6.64. The summed E-state index contributed by atoms with van der Waals surface area (Å²) >= 11 is 14.9. The smallest absolute Gasteiger partial charge is 0.339 e. The molecule has 0 bridgehead atoms. The SMILES string of the molecule is Nc1cc(C(=O)OCc2cc(Cl)ccc2Cl)c(Br)cc1F. The Kier molecular flexibility index (Phi) is 5.08. The molecule has 0 amide bonds. The van der Waals surface area contributed by atoms with Crippen molar-refractivity contribution in [1.82, 2.24) is 0 Å².